The number of benzene rings is 1. The van der Waals surface area contributed by atoms with E-state index in [1.165, 1.54) is 4.70 Å². The van der Waals surface area contributed by atoms with Crippen molar-refractivity contribution in [2.24, 2.45) is 0 Å². The highest BCUT2D eigenvalue weighted by Crippen LogP contribution is 2.28. The zero-order valence-corrected chi connectivity index (χ0v) is 18.0. The van der Waals surface area contributed by atoms with Gasteiger partial charge in [-0.2, -0.15) is 0 Å². The molecule has 0 spiro atoms. The molecule has 2 aromatic heterocycles. The molecule has 1 aromatic carbocycles. The van der Waals surface area contributed by atoms with Gasteiger partial charge in [0.1, 0.15) is 6.04 Å². The van der Waals surface area contributed by atoms with Crippen molar-refractivity contribution in [2.75, 3.05) is 31.1 Å². The summed E-state index contributed by atoms with van der Waals surface area (Å²) in [4.78, 5) is 8.85. The van der Waals surface area contributed by atoms with Crippen LogP contribution in [0.25, 0.3) is 10.2 Å². The molecule has 1 fully saturated rings. The van der Waals surface area contributed by atoms with E-state index in [0.29, 0.717) is 6.04 Å². The van der Waals surface area contributed by atoms with Gasteiger partial charge in [0.05, 0.1) is 41.9 Å². The lowest BCUT2D eigenvalue weighted by Crippen LogP contribution is -3.15. The van der Waals surface area contributed by atoms with E-state index >= 15 is 0 Å². The van der Waals surface area contributed by atoms with Crippen LogP contribution in [-0.2, 0) is 5.54 Å². The molecule has 150 valence electrons. The van der Waals surface area contributed by atoms with Gasteiger partial charge in [0.15, 0.2) is 5.13 Å². The Hall–Kier alpha value is -2.06. The van der Waals surface area contributed by atoms with Gasteiger partial charge in [-0.3, -0.25) is 0 Å². The Labute approximate surface area is 170 Å². The number of rotatable bonds is 5. The van der Waals surface area contributed by atoms with Crippen LogP contribution in [0.4, 0.5) is 5.13 Å². The number of nitrogens with zero attached hydrogens (tertiary/aromatic N) is 6. The maximum Gasteiger partial charge on any atom is 0.209 e. The quantitative estimate of drug-likeness (QED) is 0.712. The van der Waals surface area contributed by atoms with Crippen molar-refractivity contribution >= 4 is 26.7 Å². The molecule has 0 bridgehead atoms. The maximum absolute atomic E-state index is 4.84. The van der Waals surface area contributed by atoms with Gasteiger partial charge in [0.2, 0.25) is 5.82 Å². The summed E-state index contributed by atoms with van der Waals surface area (Å²) in [5, 5.41) is 13.9. The Balaban J connectivity index is 1.50. The van der Waals surface area contributed by atoms with E-state index in [0.717, 1.165) is 55.5 Å². The van der Waals surface area contributed by atoms with E-state index in [-0.39, 0.29) is 5.54 Å². The number of hydrogen-bond donors (Lipinski definition) is 1. The van der Waals surface area contributed by atoms with Gasteiger partial charge in [0, 0.05) is 6.42 Å². The summed E-state index contributed by atoms with van der Waals surface area (Å²) in [5.74, 6) is 1.03. The molecule has 0 unspecified atom stereocenters. The first-order valence-corrected chi connectivity index (χ1v) is 11.0. The minimum absolute atomic E-state index is 0.104. The van der Waals surface area contributed by atoms with Gasteiger partial charge >= 0.3 is 0 Å². The maximum atomic E-state index is 4.84. The van der Waals surface area contributed by atoms with Crippen LogP contribution in [0, 0.1) is 0 Å². The van der Waals surface area contributed by atoms with E-state index in [1.54, 1.807) is 16.2 Å². The SMILES string of the molecule is CCC[C@@H](c1nnnn1C(C)(C)C)[NH+]1CCN(c2nc3ccccc3s2)CC1. The minimum atomic E-state index is -0.104. The number of aromatic nitrogens is 5. The first-order valence-electron chi connectivity index (χ1n) is 10.2. The van der Waals surface area contributed by atoms with Crippen LogP contribution < -0.4 is 9.80 Å². The van der Waals surface area contributed by atoms with Crippen molar-refractivity contribution in [3.05, 3.63) is 30.1 Å². The summed E-state index contributed by atoms with van der Waals surface area (Å²) in [5.41, 5.74) is 0.998. The Morgan fingerprint density at radius 2 is 1.93 bits per heavy atom. The minimum Gasteiger partial charge on any atom is -0.337 e. The number of piperazine rings is 1. The van der Waals surface area contributed by atoms with Gasteiger partial charge in [-0.25, -0.2) is 9.67 Å². The average molecular weight is 401 g/mol. The summed E-state index contributed by atoms with van der Waals surface area (Å²) in [6.45, 7) is 12.9. The molecule has 1 aliphatic heterocycles. The largest absolute Gasteiger partial charge is 0.337 e. The van der Waals surface area contributed by atoms with Gasteiger partial charge in [-0.1, -0.05) is 36.8 Å². The standard InChI is InChI=1S/C20H29N7S/c1-5-8-16(18-22-23-24-27(18)20(2,3)4)25-11-13-26(14-12-25)19-21-15-9-6-7-10-17(15)28-19/h6-7,9-10,16H,5,8,11-14H2,1-4H3/p+1/t16-/m0/s1. The molecule has 7 nitrogen and oxygen atoms in total. The van der Waals surface area contributed by atoms with Gasteiger partial charge < -0.3 is 9.80 Å². The van der Waals surface area contributed by atoms with Crippen LogP contribution in [0.2, 0.25) is 0 Å². The average Bonchev–Trinajstić information content (AvgIpc) is 3.33. The number of para-hydroxylation sites is 1. The zero-order valence-electron chi connectivity index (χ0n) is 17.2. The van der Waals surface area contributed by atoms with Crippen molar-refractivity contribution in [1.29, 1.82) is 0 Å². The highest BCUT2D eigenvalue weighted by molar-refractivity contribution is 7.22. The monoisotopic (exact) mass is 400 g/mol. The Morgan fingerprint density at radius 1 is 1.18 bits per heavy atom. The molecule has 1 aliphatic rings. The van der Waals surface area contributed by atoms with Crippen LogP contribution in [0.3, 0.4) is 0 Å². The molecular formula is C20H30N7S+. The molecule has 1 atom stereocenters. The number of fused-ring (bicyclic) bond motifs is 1. The van der Waals surface area contributed by atoms with Crippen molar-refractivity contribution in [1.82, 2.24) is 25.2 Å². The predicted molar refractivity (Wildman–Crippen MR) is 113 cm³/mol. The smallest absolute Gasteiger partial charge is 0.209 e. The first kappa shape index (κ1) is 19.3. The molecular weight excluding hydrogens is 370 g/mol. The first-order chi connectivity index (χ1) is 13.5. The van der Waals surface area contributed by atoms with E-state index < -0.39 is 0 Å². The lowest BCUT2D eigenvalue weighted by atomic mass is 10.1. The molecule has 3 heterocycles. The lowest BCUT2D eigenvalue weighted by Gasteiger charge is -2.36. The third-order valence-corrected chi connectivity index (χ3v) is 6.57. The summed E-state index contributed by atoms with van der Waals surface area (Å²) in [6.07, 6.45) is 2.24. The molecule has 1 saturated heterocycles. The fourth-order valence-electron chi connectivity index (χ4n) is 4.02. The molecule has 0 saturated carbocycles. The van der Waals surface area contributed by atoms with E-state index in [1.807, 2.05) is 4.68 Å². The number of quaternary nitrogens is 1. The second kappa shape index (κ2) is 7.75. The van der Waals surface area contributed by atoms with E-state index in [9.17, 15) is 0 Å². The number of tetrazole rings is 1. The summed E-state index contributed by atoms with van der Waals surface area (Å²) in [6, 6.07) is 8.74. The second-order valence-electron chi connectivity index (χ2n) is 8.57. The van der Waals surface area contributed by atoms with E-state index in [2.05, 4.69) is 72.4 Å². The summed E-state index contributed by atoms with van der Waals surface area (Å²) >= 11 is 1.80. The molecule has 1 N–H and O–H groups in total. The van der Waals surface area contributed by atoms with Crippen LogP contribution in [0.1, 0.15) is 52.4 Å². The normalized spacial score (nSPS) is 17.4. The number of nitrogens with one attached hydrogen (secondary N) is 1. The second-order valence-corrected chi connectivity index (χ2v) is 9.58. The Kier molecular flexibility index (Phi) is 5.33. The van der Waals surface area contributed by atoms with Crippen molar-refractivity contribution in [2.45, 2.75) is 52.1 Å². The number of hydrogen-bond acceptors (Lipinski definition) is 6. The van der Waals surface area contributed by atoms with E-state index in [4.69, 9.17) is 4.98 Å². The molecule has 0 aliphatic carbocycles. The summed E-state index contributed by atoms with van der Waals surface area (Å²) in [7, 11) is 0. The highest BCUT2D eigenvalue weighted by Gasteiger charge is 2.34. The van der Waals surface area contributed by atoms with Gasteiger partial charge in [-0.15, -0.1) is 5.10 Å². The van der Waals surface area contributed by atoms with Crippen LogP contribution in [0.5, 0.6) is 0 Å². The predicted octanol–water partition coefficient (Wildman–Crippen LogP) is 2.28. The van der Waals surface area contributed by atoms with Crippen molar-refractivity contribution < 1.29 is 4.90 Å². The fraction of sp³-hybridized carbons (Fsp3) is 0.600. The van der Waals surface area contributed by atoms with Crippen molar-refractivity contribution in [3.8, 4) is 0 Å². The Morgan fingerprint density at radius 3 is 2.61 bits per heavy atom. The van der Waals surface area contributed by atoms with Crippen molar-refractivity contribution in [3.63, 3.8) is 0 Å². The lowest BCUT2D eigenvalue weighted by molar-refractivity contribution is -0.933. The number of thiazole rings is 1. The summed E-state index contributed by atoms with van der Waals surface area (Å²) < 4.78 is 3.28. The Bertz CT molecular complexity index is 885. The highest BCUT2D eigenvalue weighted by atomic mass is 32.1. The van der Waals surface area contributed by atoms with Gasteiger partial charge in [-0.05, 0) is 43.3 Å². The molecule has 8 heteroatoms. The fourth-order valence-corrected chi connectivity index (χ4v) is 5.04. The third kappa shape index (κ3) is 3.75. The molecule has 28 heavy (non-hydrogen) atoms. The van der Waals surface area contributed by atoms with Crippen LogP contribution in [-0.4, -0.2) is 51.4 Å². The van der Waals surface area contributed by atoms with Gasteiger partial charge in [0.25, 0.3) is 0 Å². The third-order valence-electron chi connectivity index (χ3n) is 5.47. The molecule has 0 amide bonds. The van der Waals surface area contributed by atoms with Crippen LogP contribution in [0.15, 0.2) is 24.3 Å². The van der Waals surface area contributed by atoms with Crippen LogP contribution >= 0.6 is 11.3 Å². The molecule has 3 aromatic rings. The topological polar surface area (TPSA) is 64.2 Å². The molecule has 0 radical (unpaired) electrons. The molecule has 4 rings (SSSR count). The zero-order chi connectivity index (χ0) is 19.7. The number of anilines is 1.